The molecule has 9 nitrogen and oxygen atoms in total. The molecular weight excluding hydrogens is 540 g/mol. The molecule has 2 N–H and O–H groups in total. The first-order valence-electron chi connectivity index (χ1n) is 12.6. The van der Waals surface area contributed by atoms with Crippen LogP contribution in [0.2, 0.25) is 0 Å². The summed E-state index contributed by atoms with van der Waals surface area (Å²) in [5.41, 5.74) is 2.91. The summed E-state index contributed by atoms with van der Waals surface area (Å²) in [4.78, 5) is 26.2. The van der Waals surface area contributed by atoms with Crippen molar-refractivity contribution in [1.82, 2.24) is 25.6 Å². The van der Waals surface area contributed by atoms with Gasteiger partial charge in [-0.15, -0.1) is 0 Å². The Kier molecular flexibility index (Phi) is 7.47. The Bertz CT molecular complexity index is 1700. The number of alkyl halides is 2. The van der Waals surface area contributed by atoms with Gasteiger partial charge in [-0.05, 0) is 55.4 Å². The number of halogens is 2. The number of hydrogen-bond acceptors (Lipinski definition) is 8. The fraction of sp³-hybridized carbons (Fsp3) is 0.286. The number of rotatable bonds is 7. The number of aromatic nitrogens is 3. The third-order valence-corrected chi connectivity index (χ3v) is 7.81. The molecule has 0 aliphatic carbocycles. The minimum Gasteiger partial charge on any atom is -0.468 e. The van der Waals surface area contributed by atoms with Crippen molar-refractivity contribution in [3.05, 3.63) is 77.6 Å². The first kappa shape index (κ1) is 27.5. The summed E-state index contributed by atoms with van der Waals surface area (Å²) in [6, 6.07) is 14.8. The van der Waals surface area contributed by atoms with E-state index in [1.54, 1.807) is 55.6 Å². The molecule has 0 saturated carbocycles. The molecule has 1 saturated heterocycles. The minimum atomic E-state index is -3.47. The highest BCUT2D eigenvalue weighted by Crippen LogP contribution is 2.28. The highest BCUT2D eigenvalue weighted by atomic mass is 32.2. The van der Waals surface area contributed by atoms with Crippen LogP contribution in [0.3, 0.4) is 0 Å². The number of aryl methyl sites for hydroxylation is 1. The Balaban J connectivity index is 1.32. The smallest absolute Gasteiger partial charge is 0.296 e. The Morgan fingerprint density at radius 2 is 1.93 bits per heavy atom. The second-order valence-corrected chi connectivity index (χ2v) is 11.7. The Morgan fingerprint density at radius 3 is 2.70 bits per heavy atom. The molecule has 0 spiro atoms. The maximum Gasteiger partial charge on any atom is 0.296 e. The first-order chi connectivity index (χ1) is 19.0. The molecule has 40 heavy (non-hydrogen) atoms. The second-order valence-electron chi connectivity index (χ2n) is 9.69. The number of sulfone groups is 1. The van der Waals surface area contributed by atoms with E-state index in [2.05, 4.69) is 25.6 Å². The zero-order chi connectivity index (χ0) is 28.5. The highest BCUT2D eigenvalue weighted by Gasteiger charge is 2.43. The summed E-state index contributed by atoms with van der Waals surface area (Å²) in [5, 5.41) is 6.19. The standard InChI is InChI=1S/C28H27F2N5O4S/c1-17-6-7-18(12-24(17)40(2,37)38)27(36)33-15-20-13-23-19(14-32-20)8-9-22(34-23)21-4-3-5-26(35-21)39-25-10-11-31-16-28(25,29)30/h3-9,12-14,25,31H,10-11,15-16H2,1-2H3,(H,33,36). The molecule has 1 aliphatic rings. The number of ether oxygens (including phenoxy) is 1. The van der Waals surface area contributed by atoms with Gasteiger partial charge in [-0.1, -0.05) is 12.1 Å². The van der Waals surface area contributed by atoms with Crippen LogP contribution in [0.1, 0.15) is 28.0 Å². The largest absolute Gasteiger partial charge is 0.468 e. The van der Waals surface area contributed by atoms with Gasteiger partial charge in [0.15, 0.2) is 15.9 Å². The molecule has 12 heteroatoms. The first-order valence-corrected chi connectivity index (χ1v) is 14.5. The molecule has 0 bridgehead atoms. The third kappa shape index (κ3) is 6.07. The fourth-order valence-corrected chi connectivity index (χ4v) is 5.43. The topological polar surface area (TPSA) is 123 Å². The average molecular weight is 568 g/mol. The lowest BCUT2D eigenvalue weighted by molar-refractivity contribution is -0.110. The van der Waals surface area contributed by atoms with E-state index in [1.807, 2.05) is 6.07 Å². The summed E-state index contributed by atoms with van der Waals surface area (Å²) in [7, 11) is -3.47. The van der Waals surface area contributed by atoms with Crippen LogP contribution in [0.5, 0.6) is 5.88 Å². The zero-order valence-electron chi connectivity index (χ0n) is 21.8. The maximum atomic E-state index is 14.2. The van der Waals surface area contributed by atoms with Crippen LogP contribution < -0.4 is 15.4 Å². The molecule has 0 radical (unpaired) electrons. The number of piperidine rings is 1. The van der Waals surface area contributed by atoms with Gasteiger partial charge in [0.25, 0.3) is 11.8 Å². The summed E-state index contributed by atoms with van der Waals surface area (Å²) < 4.78 is 58.0. The predicted octanol–water partition coefficient (Wildman–Crippen LogP) is 3.71. The summed E-state index contributed by atoms with van der Waals surface area (Å²) in [6.07, 6.45) is 1.64. The van der Waals surface area contributed by atoms with E-state index < -0.39 is 34.3 Å². The molecule has 1 atom stereocenters. The molecule has 1 fully saturated rings. The molecule has 3 aromatic heterocycles. The van der Waals surface area contributed by atoms with Gasteiger partial charge in [0.1, 0.15) is 0 Å². The lowest BCUT2D eigenvalue weighted by Crippen LogP contribution is -2.52. The molecule has 1 unspecified atom stereocenters. The van der Waals surface area contributed by atoms with Gasteiger partial charge >= 0.3 is 0 Å². The van der Waals surface area contributed by atoms with E-state index in [-0.39, 0.29) is 29.3 Å². The molecular formula is C28H27F2N5O4S. The molecule has 1 aliphatic heterocycles. The Labute approximate surface area is 229 Å². The summed E-state index contributed by atoms with van der Waals surface area (Å²) in [5.74, 6) is -3.33. The van der Waals surface area contributed by atoms with Crippen LogP contribution in [0.25, 0.3) is 22.3 Å². The normalized spacial score (nSPS) is 16.9. The number of fused-ring (bicyclic) bond motifs is 1. The van der Waals surface area contributed by atoms with Crippen molar-refractivity contribution in [3.63, 3.8) is 0 Å². The SMILES string of the molecule is Cc1ccc(C(=O)NCc2cc3nc(-c4cccc(OC5CCNCC5(F)F)n4)ccc3cn2)cc1S(C)(=O)=O. The van der Waals surface area contributed by atoms with E-state index in [1.165, 1.54) is 6.07 Å². The van der Waals surface area contributed by atoms with Crippen LogP contribution in [0.15, 0.2) is 65.7 Å². The fourth-order valence-electron chi connectivity index (χ4n) is 4.44. The predicted molar refractivity (Wildman–Crippen MR) is 145 cm³/mol. The molecule has 5 rings (SSSR count). The molecule has 1 aromatic carbocycles. The summed E-state index contributed by atoms with van der Waals surface area (Å²) >= 11 is 0. The van der Waals surface area contributed by atoms with Crippen LogP contribution >= 0.6 is 0 Å². The number of benzene rings is 1. The van der Waals surface area contributed by atoms with Gasteiger partial charge in [-0.2, -0.15) is 0 Å². The van der Waals surface area contributed by atoms with Crippen molar-refractivity contribution in [2.75, 3.05) is 19.3 Å². The van der Waals surface area contributed by atoms with Gasteiger partial charge in [-0.25, -0.2) is 27.2 Å². The zero-order valence-corrected chi connectivity index (χ0v) is 22.6. The van der Waals surface area contributed by atoms with E-state index >= 15 is 0 Å². The number of amides is 1. The van der Waals surface area contributed by atoms with Gasteiger partial charge < -0.3 is 15.4 Å². The van der Waals surface area contributed by atoms with Gasteiger partial charge in [0.2, 0.25) is 5.88 Å². The lowest BCUT2D eigenvalue weighted by atomic mass is 10.1. The van der Waals surface area contributed by atoms with E-state index in [4.69, 9.17) is 4.74 Å². The van der Waals surface area contributed by atoms with Crippen molar-refractivity contribution in [3.8, 4) is 17.3 Å². The van der Waals surface area contributed by atoms with E-state index in [0.717, 1.165) is 11.6 Å². The monoisotopic (exact) mass is 567 g/mol. The van der Waals surface area contributed by atoms with Crippen molar-refractivity contribution in [2.24, 2.45) is 0 Å². The van der Waals surface area contributed by atoms with Crippen LogP contribution in [0, 0.1) is 6.92 Å². The van der Waals surface area contributed by atoms with Gasteiger partial charge in [-0.3, -0.25) is 9.78 Å². The highest BCUT2D eigenvalue weighted by molar-refractivity contribution is 7.90. The summed E-state index contributed by atoms with van der Waals surface area (Å²) in [6.45, 7) is 1.77. The van der Waals surface area contributed by atoms with Crippen molar-refractivity contribution < 1.29 is 26.7 Å². The van der Waals surface area contributed by atoms with Crippen LogP contribution in [-0.2, 0) is 16.4 Å². The molecule has 4 aromatic rings. The van der Waals surface area contributed by atoms with Crippen molar-refractivity contribution in [2.45, 2.75) is 36.8 Å². The molecule has 208 valence electrons. The van der Waals surface area contributed by atoms with Crippen molar-refractivity contribution >= 4 is 26.6 Å². The van der Waals surface area contributed by atoms with E-state index in [0.29, 0.717) is 34.7 Å². The quantitative estimate of drug-likeness (QED) is 0.347. The molecule has 1 amide bonds. The second kappa shape index (κ2) is 10.9. The van der Waals surface area contributed by atoms with E-state index in [9.17, 15) is 22.0 Å². The number of hydrogen-bond donors (Lipinski definition) is 2. The van der Waals surface area contributed by atoms with Crippen LogP contribution in [0.4, 0.5) is 8.78 Å². The number of carbonyl (C=O) groups is 1. The minimum absolute atomic E-state index is 0.0921. The number of pyridine rings is 3. The Hall–Kier alpha value is -4.03. The average Bonchev–Trinajstić information content (AvgIpc) is 2.92. The number of carbonyl (C=O) groups excluding carboxylic acids is 1. The third-order valence-electron chi connectivity index (χ3n) is 6.57. The number of nitrogens with zero attached hydrogens (tertiary/aromatic N) is 3. The van der Waals surface area contributed by atoms with Crippen LogP contribution in [-0.4, -0.2) is 60.6 Å². The lowest BCUT2D eigenvalue weighted by Gasteiger charge is -2.31. The molecule has 4 heterocycles. The Morgan fingerprint density at radius 1 is 1.12 bits per heavy atom. The van der Waals surface area contributed by atoms with Gasteiger partial charge in [0, 0.05) is 35.9 Å². The number of nitrogens with one attached hydrogen (secondary N) is 2. The van der Waals surface area contributed by atoms with Gasteiger partial charge in [0.05, 0.1) is 40.6 Å². The van der Waals surface area contributed by atoms with Crippen molar-refractivity contribution in [1.29, 1.82) is 0 Å². The maximum absolute atomic E-state index is 14.2.